The normalized spacial score (nSPS) is 14.5. The average molecular weight is 1350 g/mol. The fourth-order valence-corrected chi connectivity index (χ4v) is 13.2. The number of unbranched alkanes of at least 4 members (excludes halogenated alkanes) is 1. The Kier molecular flexibility index (Phi) is 28.3. The first-order valence-corrected chi connectivity index (χ1v) is 34.4. The second-order valence-electron chi connectivity index (χ2n) is 25.2. The van der Waals surface area contributed by atoms with Crippen molar-refractivity contribution in [3.05, 3.63) is 145 Å². The Morgan fingerprint density at radius 2 is 1.21 bits per heavy atom. The number of hydrogen-bond acceptors (Lipinski definition) is 12. The van der Waals surface area contributed by atoms with Gasteiger partial charge in [0.25, 0.3) is 5.91 Å². The molecule has 0 bridgehead atoms. The van der Waals surface area contributed by atoms with Crippen LogP contribution in [-0.4, -0.2) is 147 Å². The van der Waals surface area contributed by atoms with Crippen LogP contribution in [0.2, 0.25) is 0 Å². The molecule has 1 aliphatic rings. The molecule has 2 heterocycles. The molecule has 0 radical (unpaired) electrons. The molecular formula is C71H93N14O11S+. The number of primary amides is 2. The smallest absolute Gasteiger partial charge is 0.251 e. The van der Waals surface area contributed by atoms with Crippen molar-refractivity contribution >= 4 is 86.8 Å². The van der Waals surface area contributed by atoms with Gasteiger partial charge in [0, 0.05) is 86.3 Å². The number of aromatic nitrogens is 3. The number of amides is 11. The van der Waals surface area contributed by atoms with Gasteiger partial charge in [0.1, 0.15) is 36.3 Å². The number of aromatic amines is 2. The van der Waals surface area contributed by atoms with E-state index in [9.17, 15) is 52.7 Å². The van der Waals surface area contributed by atoms with Gasteiger partial charge in [0.2, 0.25) is 59.1 Å². The van der Waals surface area contributed by atoms with Crippen molar-refractivity contribution in [1.82, 2.24) is 62.4 Å². The minimum atomic E-state index is -1.36. The number of rotatable bonds is 39. The summed E-state index contributed by atoms with van der Waals surface area (Å²) >= 11 is 0. The van der Waals surface area contributed by atoms with Crippen molar-refractivity contribution in [2.45, 2.75) is 175 Å². The Balaban J connectivity index is 0.934. The van der Waals surface area contributed by atoms with Gasteiger partial charge in [-0.15, -0.1) is 0 Å². The zero-order valence-electron chi connectivity index (χ0n) is 56.0. The standard InChI is InChI=1S/C71H92N14O11S/c1-7-44(4)54(32-34-62(88)80-57(65(73)90)36-46-25-26-46)82-70(95)59(38-49-40-74-42-77-49)81-63(89)41-85(6)71(96)64(43(2)3)84-66(91)45(5)78-69(94)58(37-48-39-76-55-23-15-14-22-53(48)55)83-68(93)56(31-33-60(72)86)79-61(87)24-16-17-35-75-67(92)47-27-29-52(30-28-47)97(50-18-10-8-11-19-50)51-20-12-9-13-21-51/h8-15,18-23,27-30,39-40,42-46,54,56-59,64,76H,7,16-17,24-26,31-38,41H2,1-6H3,(H12-,72,73,74,75,77,78,79,80,81,82,83,84,86,87,88,89,90,91,92,93,94,95)/p+1/t44-,45-,54+,56-,57-,58-,59-,64-/m0/s1. The Hall–Kier alpha value is -9.85. The fourth-order valence-electron chi connectivity index (χ4n) is 11.1. The first kappa shape index (κ1) is 74.5. The van der Waals surface area contributed by atoms with Crippen LogP contribution in [0, 0.1) is 17.8 Å². The Bertz CT molecular complexity index is 3600. The Morgan fingerprint density at radius 1 is 0.608 bits per heavy atom. The summed E-state index contributed by atoms with van der Waals surface area (Å²) in [5.74, 6) is -7.09. The number of H-pyrrole nitrogens is 2. The van der Waals surface area contributed by atoms with E-state index in [0.717, 1.165) is 43.3 Å². The predicted octanol–water partition coefficient (Wildman–Crippen LogP) is 4.28. The van der Waals surface area contributed by atoms with Crippen LogP contribution in [0.4, 0.5) is 0 Å². The summed E-state index contributed by atoms with van der Waals surface area (Å²) in [6, 6.07) is 27.5. The number of fused-ring (bicyclic) bond motifs is 1. The van der Waals surface area contributed by atoms with Crippen LogP contribution in [0.1, 0.15) is 127 Å². The topological polar surface area (TPSA) is 384 Å². The molecule has 1 saturated carbocycles. The van der Waals surface area contributed by atoms with Crippen molar-refractivity contribution in [3.63, 3.8) is 0 Å². The van der Waals surface area contributed by atoms with Crippen molar-refractivity contribution in [1.29, 1.82) is 0 Å². The van der Waals surface area contributed by atoms with Gasteiger partial charge in [-0.1, -0.05) is 102 Å². The van der Waals surface area contributed by atoms with Crippen LogP contribution in [-0.2, 0) is 71.7 Å². The Labute approximate surface area is 568 Å². The number of likely N-dealkylation sites (N-methyl/N-ethyl adjacent to an activating group) is 1. The highest BCUT2D eigenvalue weighted by atomic mass is 32.2. The number of nitrogens with one attached hydrogen (secondary N) is 10. The van der Waals surface area contributed by atoms with E-state index in [2.05, 4.69) is 81.8 Å². The quantitative estimate of drug-likeness (QED) is 0.0190. The highest BCUT2D eigenvalue weighted by Gasteiger charge is 2.36. The second-order valence-corrected chi connectivity index (χ2v) is 27.2. The maximum Gasteiger partial charge on any atom is 0.251 e. The van der Waals surface area contributed by atoms with Gasteiger partial charge in [-0.05, 0) is 117 Å². The van der Waals surface area contributed by atoms with Crippen LogP contribution >= 0.6 is 0 Å². The number of benzene rings is 4. The largest absolute Gasteiger partial charge is 0.370 e. The molecule has 14 N–H and O–H groups in total. The molecule has 2 aromatic heterocycles. The fraction of sp³-hybridized carbons (Fsp3) is 0.437. The lowest BCUT2D eigenvalue weighted by Crippen LogP contribution is -2.59. The van der Waals surface area contributed by atoms with Gasteiger partial charge >= 0.3 is 0 Å². The molecule has 25 nitrogen and oxygen atoms in total. The maximum absolute atomic E-state index is 14.4. The van der Waals surface area contributed by atoms with Crippen LogP contribution in [0.25, 0.3) is 10.9 Å². The van der Waals surface area contributed by atoms with Crippen LogP contribution in [0.5, 0.6) is 0 Å². The molecule has 11 amide bonds. The molecule has 8 atom stereocenters. The lowest BCUT2D eigenvalue weighted by molar-refractivity contribution is -0.140. The van der Waals surface area contributed by atoms with Gasteiger partial charge in [-0.25, -0.2) is 4.98 Å². The number of hydrogen-bond donors (Lipinski definition) is 12. The predicted molar refractivity (Wildman–Crippen MR) is 367 cm³/mol. The van der Waals surface area contributed by atoms with E-state index in [1.165, 1.54) is 26.5 Å². The highest BCUT2D eigenvalue weighted by Crippen LogP contribution is 2.34. The molecule has 97 heavy (non-hydrogen) atoms. The van der Waals surface area contributed by atoms with Crippen molar-refractivity contribution < 1.29 is 52.7 Å². The summed E-state index contributed by atoms with van der Waals surface area (Å²) in [6.45, 7) is 8.35. The molecule has 0 unspecified atom stereocenters. The summed E-state index contributed by atoms with van der Waals surface area (Å²) in [7, 11) is 0.983. The van der Waals surface area contributed by atoms with Crippen molar-refractivity contribution in [2.75, 3.05) is 20.1 Å². The minimum absolute atomic E-state index is 0.000834. The van der Waals surface area contributed by atoms with Crippen LogP contribution < -0.4 is 54.0 Å². The Morgan fingerprint density at radius 3 is 1.82 bits per heavy atom. The lowest BCUT2D eigenvalue weighted by atomic mass is 9.94. The number of para-hydroxylation sites is 1. The van der Waals surface area contributed by atoms with Gasteiger partial charge in [-0.2, -0.15) is 0 Å². The molecule has 0 spiro atoms. The summed E-state index contributed by atoms with van der Waals surface area (Å²) < 4.78 is 0. The maximum atomic E-state index is 14.4. The summed E-state index contributed by atoms with van der Waals surface area (Å²) in [4.78, 5) is 163. The molecule has 0 aliphatic heterocycles. The number of nitrogens with zero attached hydrogens (tertiary/aromatic N) is 2. The molecule has 518 valence electrons. The lowest BCUT2D eigenvalue weighted by Gasteiger charge is -2.29. The number of imidazole rings is 1. The SMILES string of the molecule is CC[C@H](C)[C@@H](CCC(=O)N[C@@H](CC1CC1)C(N)=O)NC(=O)[C@H](Cc1cnc[nH]1)NC(=O)CN(C)C(=O)[C@@H](NC(=O)[C@H](C)NC(=O)[C@H](Cc1c[nH]c2ccccc12)NC(=O)[C@H](CCC(N)=O)NC(=O)CCCCNC(=O)c1ccc([S+](c2ccccc2)c2ccccc2)cc1)C(C)C. The van der Waals surface area contributed by atoms with E-state index in [1.54, 1.807) is 32.2 Å². The minimum Gasteiger partial charge on any atom is -0.370 e. The third kappa shape index (κ3) is 23.2. The second kappa shape index (κ2) is 36.9. The van der Waals surface area contributed by atoms with Crippen molar-refractivity contribution in [3.8, 4) is 0 Å². The molecule has 1 fully saturated rings. The van der Waals surface area contributed by atoms with Gasteiger partial charge in [0.15, 0.2) is 14.7 Å². The summed E-state index contributed by atoms with van der Waals surface area (Å²) in [6.07, 6.45) is 8.06. The van der Waals surface area contributed by atoms with Gasteiger partial charge in [-0.3, -0.25) is 52.7 Å². The van der Waals surface area contributed by atoms with E-state index in [0.29, 0.717) is 48.4 Å². The van der Waals surface area contributed by atoms with Crippen LogP contribution in [0.15, 0.2) is 143 Å². The first-order valence-electron chi connectivity index (χ1n) is 33.1. The molecule has 7 rings (SSSR count). The molecule has 0 saturated heterocycles. The number of carbonyl (C=O) groups excluding carboxylic acids is 11. The van der Waals surface area contributed by atoms with Gasteiger partial charge < -0.3 is 68.9 Å². The zero-order valence-corrected chi connectivity index (χ0v) is 56.8. The third-order valence-corrected chi connectivity index (χ3v) is 19.4. The number of carbonyl (C=O) groups is 11. The zero-order chi connectivity index (χ0) is 70.1. The van der Waals surface area contributed by atoms with E-state index < -0.39 is 108 Å². The monoisotopic (exact) mass is 1350 g/mol. The third-order valence-electron chi connectivity index (χ3n) is 17.1. The molecular weight excluding hydrogens is 1260 g/mol. The first-order chi connectivity index (χ1) is 46.5. The summed E-state index contributed by atoms with van der Waals surface area (Å²) in [5, 5.41) is 23.0. The number of nitrogens with two attached hydrogens (primary N) is 2. The highest BCUT2D eigenvalue weighted by molar-refractivity contribution is 7.97. The summed E-state index contributed by atoms with van der Waals surface area (Å²) in [5.41, 5.74) is 13.5. The average Bonchev–Trinajstić information content (AvgIpc) is 1.83. The van der Waals surface area contributed by atoms with E-state index in [-0.39, 0.29) is 80.1 Å². The van der Waals surface area contributed by atoms with Crippen LogP contribution in [0.3, 0.4) is 0 Å². The van der Waals surface area contributed by atoms with E-state index >= 15 is 0 Å². The van der Waals surface area contributed by atoms with Crippen molar-refractivity contribution in [2.24, 2.45) is 29.2 Å². The van der Waals surface area contributed by atoms with Gasteiger partial charge in [0.05, 0.1) is 23.8 Å². The molecule has 1 aliphatic carbocycles. The molecule has 6 aromatic rings. The van der Waals surface area contributed by atoms with E-state index in [4.69, 9.17) is 11.5 Å². The molecule has 4 aromatic carbocycles. The van der Waals surface area contributed by atoms with E-state index in [1.807, 2.05) is 86.6 Å². The molecule has 26 heteroatoms.